The first-order valence-corrected chi connectivity index (χ1v) is 7.55. The molecule has 1 aromatic heterocycles. The molecule has 1 aliphatic rings. The zero-order valence-corrected chi connectivity index (χ0v) is 12.8. The highest BCUT2D eigenvalue weighted by Crippen LogP contribution is 2.14. The predicted molar refractivity (Wildman–Crippen MR) is 79.7 cm³/mol. The molecule has 2 rings (SSSR count). The summed E-state index contributed by atoms with van der Waals surface area (Å²) in [6, 6.07) is 1.86. The molecule has 0 bridgehead atoms. The molecule has 0 aliphatic carbocycles. The Morgan fingerprint density at radius 2 is 2.40 bits per heavy atom. The van der Waals surface area contributed by atoms with Gasteiger partial charge in [0.15, 0.2) is 0 Å². The number of hydrogen-bond acceptors (Lipinski definition) is 3. The van der Waals surface area contributed by atoms with Gasteiger partial charge in [-0.1, -0.05) is 13.8 Å². The van der Waals surface area contributed by atoms with E-state index in [9.17, 15) is 4.79 Å². The molecule has 0 aromatic carbocycles. The van der Waals surface area contributed by atoms with Gasteiger partial charge in [0, 0.05) is 18.8 Å². The number of rotatable bonds is 5. The Morgan fingerprint density at radius 1 is 1.60 bits per heavy atom. The van der Waals surface area contributed by atoms with Crippen LogP contribution in [0.5, 0.6) is 0 Å². The Morgan fingerprint density at radius 3 is 3.10 bits per heavy atom. The molecule has 2 N–H and O–H groups in total. The molecule has 1 atom stereocenters. The maximum atomic E-state index is 12.1. The van der Waals surface area contributed by atoms with E-state index in [0.29, 0.717) is 17.5 Å². The van der Waals surface area contributed by atoms with Gasteiger partial charge in [0.1, 0.15) is 5.69 Å². The number of nitrogens with one attached hydrogen (secondary N) is 2. The summed E-state index contributed by atoms with van der Waals surface area (Å²) in [4.78, 5) is 14.4. The molecule has 112 valence electrons. The predicted octanol–water partition coefficient (Wildman–Crippen LogP) is 1.68. The third-order valence-corrected chi connectivity index (χ3v) is 3.77. The van der Waals surface area contributed by atoms with Gasteiger partial charge in [-0.15, -0.1) is 0 Å². The van der Waals surface area contributed by atoms with Crippen LogP contribution >= 0.6 is 0 Å². The third-order valence-electron chi connectivity index (χ3n) is 3.77. The van der Waals surface area contributed by atoms with Crippen molar-refractivity contribution >= 4 is 5.91 Å². The van der Waals surface area contributed by atoms with Crippen LogP contribution in [0, 0.1) is 11.8 Å². The second-order valence-corrected chi connectivity index (χ2v) is 6.36. The number of likely N-dealkylation sites (tertiary alicyclic amines) is 1. The van der Waals surface area contributed by atoms with Gasteiger partial charge in [-0.25, -0.2) is 0 Å². The summed E-state index contributed by atoms with van der Waals surface area (Å²) >= 11 is 0. The van der Waals surface area contributed by atoms with Gasteiger partial charge in [-0.3, -0.25) is 9.89 Å². The molecule has 0 radical (unpaired) electrons. The average molecular weight is 278 g/mol. The second-order valence-electron chi connectivity index (χ2n) is 6.36. The molecule has 5 heteroatoms. The Hall–Kier alpha value is -1.36. The van der Waals surface area contributed by atoms with Crippen LogP contribution in [-0.4, -0.2) is 47.7 Å². The molecule has 1 amide bonds. The SMILES string of the molecule is CC(C)Cc1cc(C(=O)NC[C@H]2CCCN(C)C2)n[nH]1. The quantitative estimate of drug-likeness (QED) is 0.861. The van der Waals surface area contributed by atoms with E-state index >= 15 is 0 Å². The minimum atomic E-state index is -0.0653. The summed E-state index contributed by atoms with van der Waals surface area (Å²) in [6.07, 6.45) is 3.34. The summed E-state index contributed by atoms with van der Waals surface area (Å²) in [5.41, 5.74) is 1.53. The van der Waals surface area contributed by atoms with Crippen LogP contribution in [0.4, 0.5) is 0 Å². The Kier molecular flexibility index (Phi) is 5.17. The first kappa shape index (κ1) is 15.0. The van der Waals surface area contributed by atoms with Gasteiger partial charge in [-0.2, -0.15) is 5.10 Å². The van der Waals surface area contributed by atoms with E-state index in [-0.39, 0.29) is 5.91 Å². The summed E-state index contributed by atoms with van der Waals surface area (Å²) < 4.78 is 0. The number of aromatic nitrogens is 2. The first-order valence-electron chi connectivity index (χ1n) is 7.55. The van der Waals surface area contributed by atoms with E-state index in [1.165, 1.54) is 19.4 Å². The third kappa shape index (κ3) is 4.34. The van der Waals surface area contributed by atoms with E-state index in [1.54, 1.807) is 0 Å². The second kappa shape index (κ2) is 6.88. The molecular weight excluding hydrogens is 252 g/mol. The van der Waals surface area contributed by atoms with Crippen molar-refractivity contribution in [1.82, 2.24) is 20.4 Å². The Balaban J connectivity index is 1.80. The fourth-order valence-corrected chi connectivity index (χ4v) is 2.79. The van der Waals surface area contributed by atoms with Crippen molar-refractivity contribution in [3.63, 3.8) is 0 Å². The van der Waals surface area contributed by atoms with Crippen LogP contribution in [0.3, 0.4) is 0 Å². The molecule has 1 aliphatic heterocycles. The number of amides is 1. The number of piperidine rings is 1. The van der Waals surface area contributed by atoms with Crippen LogP contribution in [0.25, 0.3) is 0 Å². The fourth-order valence-electron chi connectivity index (χ4n) is 2.79. The van der Waals surface area contributed by atoms with Crippen molar-refractivity contribution in [1.29, 1.82) is 0 Å². The molecule has 0 unspecified atom stereocenters. The number of nitrogens with zero attached hydrogens (tertiary/aromatic N) is 2. The van der Waals surface area contributed by atoms with E-state index in [0.717, 1.165) is 25.2 Å². The largest absolute Gasteiger partial charge is 0.350 e. The molecule has 20 heavy (non-hydrogen) atoms. The molecular formula is C15H26N4O. The molecule has 2 heterocycles. The fraction of sp³-hybridized carbons (Fsp3) is 0.733. The zero-order valence-electron chi connectivity index (χ0n) is 12.8. The summed E-state index contributed by atoms with van der Waals surface area (Å²) in [5.74, 6) is 1.06. The van der Waals surface area contributed by atoms with Crippen molar-refractivity contribution in [2.24, 2.45) is 11.8 Å². The van der Waals surface area contributed by atoms with E-state index in [1.807, 2.05) is 6.07 Å². The van der Waals surface area contributed by atoms with Crippen molar-refractivity contribution in [2.75, 3.05) is 26.7 Å². The van der Waals surface area contributed by atoms with Crippen LogP contribution in [0.2, 0.25) is 0 Å². The minimum Gasteiger partial charge on any atom is -0.350 e. The van der Waals surface area contributed by atoms with Crippen molar-refractivity contribution in [3.8, 4) is 0 Å². The van der Waals surface area contributed by atoms with Gasteiger partial charge in [-0.05, 0) is 50.8 Å². The topological polar surface area (TPSA) is 61.0 Å². The summed E-state index contributed by atoms with van der Waals surface area (Å²) in [7, 11) is 2.14. The van der Waals surface area contributed by atoms with Crippen LogP contribution < -0.4 is 5.32 Å². The van der Waals surface area contributed by atoms with Crippen molar-refractivity contribution in [2.45, 2.75) is 33.1 Å². The number of H-pyrrole nitrogens is 1. The van der Waals surface area contributed by atoms with E-state index < -0.39 is 0 Å². The lowest BCUT2D eigenvalue weighted by molar-refractivity contribution is 0.0932. The lowest BCUT2D eigenvalue weighted by atomic mass is 9.98. The molecule has 0 saturated carbocycles. The molecule has 0 spiro atoms. The van der Waals surface area contributed by atoms with Crippen LogP contribution in [-0.2, 0) is 6.42 Å². The van der Waals surface area contributed by atoms with Crippen LogP contribution in [0.15, 0.2) is 6.07 Å². The van der Waals surface area contributed by atoms with Crippen molar-refractivity contribution < 1.29 is 4.79 Å². The molecule has 1 aromatic rings. The van der Waals surface area contributed by atoms with Crippen LogP contribution in [0.1, 0.15) is 42.9 Å². The average Bonchev–Trinajstić information content (AvgIpc) is 2.84. The standard InChI is InChI=1S/C15H26N4O/c1-11(2)7-13-8-14(18-17-13)15(20)16-9-12-5-4-6-19(3)10-12/h8,11-12H,4-7,9-10H2,1-3H3,(H,16,20)(H,17,18)/t12-/m1/s1. The molecule has 1 fully saturated rings. The normalized spacial score (nSPS) is 20.3. The Bertz CT molecular complexity index is 441. The minimum absolute atomic E-state index is 0.0653. The monoisotopic (exact) mass is 278 g/mol. The van der Waals surface area contributed by atoms with Gasteiger partial charge in [0.25, 0.3) is 5.91 Å². The zero-order chi connectivity index (χ0) is 14.5. The highest BCUT2D eigenvalue weighted by atomic mass is 16.1. The number of carbonyl (C=O) groups is 1. The van der Waals surface area contributed by atoms with E-state index in [2.05, 4.69) is 41.3 Å². The van der Waals surface area contributed by atoms with E-state index in [4.69, 9.17) is 0 Å². The molecule has 5 nitrogen and oxygen atoms in total. The maximum absolute atomic E-state index is 12.1. The Labute approximate surface area is 121 Å². The maximum Gasteiger partial charge on any atom is 0.271 e. The lowest BCUT2D eigenvalue weighted by Crippen LogP contribution is -2.39. The summed E-state index contributed by atoms with van der Waals surface area (Å²) in [5, 5.41) is 10.1. The lowest BCUT2D eigenvalue weighted by Gasteiger charge is -2.29. The number of aromatic amines is 1. The van der Waals surface area contributed by atoms with Gasteiger partial charge < -0.3 is 10.2 Å². The van der Waals surface area contributed by atoms with Crippen molar-refractivity contribution in [3.05, 3.63) is 17.5 Å². The highest BCUT2D eigenvalue weighted by molar-refractivity contribution is 5.92. The summed E-state index contributed by atoms with van der Waals surface area (Å²) in [6.45, 7) is 7.29. The first-order chi connectivity index (χ1) is 9.54. The van der Waals surface area contributed by atoms with Gasteiger partial charge in [0.2, 0.25) is 0 Å². The van der Waals surface area contributed by atoms with Gasteiger partial charge in [0.05, 0.1) is 0 Å². The smallest absolute Gasteiger partial charge is 0.271 e. The molecule has 1 saturated heterocycles. The number of hydrogen-bond donors (Lipinski definition) is 2. The number of carbonyl (C=O) groups excluding carboxylic acids is 1. The van der Waals surface area contributed by atoms with Gasteiger partial charge >= 0.3 is 0 Å². The highest BCUT2D eigenvalue weighted by Gasteiger charge is 2.18.